The summed E-state index contributed by atoms with van der Waals surface area (Å²) in [5.74, 6) is 2.13. The van der Waals surface area contributed by atoms with Crippen molar-refractivity contribution in [2.24, 2.45) is 0 Å². The van der Waals surface area contributed by atoms with Crippen LogP contribution in [0.5, 0.6) is 0 Å². The number of aromatic nitrogens is 4. The number of anilines is 2. The van der Waals surface area contributed by atoms with Crippen molar-refractivity contribution in [3.05, 3.63) is 29.3 Å². The highest BCUT2D eigenvalue weighted by Gasteiger charge is 2.02. The van der Waals surface area contributed by atoms with Crippen LogP contribution < -0.4 is 11.1 Å². The van der Waals surface area contributed by atoms with E-state index in [2.05, 4.69) is 25.5 Å². The van der Waals surface area contributed by atoms with Gasteiger partial charge in [-0.05, 0) is 13.8 Å². The maximum Gasteiger partial charge on any atom is 0.130 e. The topological polar surface area (TPSA) is 92.5 Å². The Hall–Kier alpha value is -2.11. The van der Waals surface area contributed by atoms with Crippen LogP contribution in [0.1, 0.15) is 17.1 Å². The van der Waals surface area contributed by atoms with Crippen molar-refractivity contribution in [3.8, 4) is 0 Å². The van der Waals surface area contributed by atoms with Crippen LogP contribution in [0.15, 0.2) is 12.3 Å². The summed E-state index contributed by atoms with van der Waals surface area (Å²) in [4.78, 5) is 8.47. The lowest BCUT2D eigenvalue weighted by Gasteiger charge is -2.06. The number of aromatic amines is 1. The fourth-order valence-corrected chi connectivity index (χ4v) is 1.46. The number of H-pyrrole nitrogens is 1. The van der Waals surface area contributed by atoms with E-state index >= 15 is 0 Å². The van der Waals surface area contributed by atoms with Gasteiger partial charge in [0.15, 0.2) is 0 Å². The molecule has 2 rings (SSSR count). The SMILES string of the molecule is Cc1cc(NCc2cn[nH]c2N)nc(C)n1. The Balaban J connectivity index is 2.07. The summed E-state index contributed by atoms with van der Waals surface area (Å²) >= 11 is 0. The zero-order valence-corrected chi connectivity index (χ0v) is 9.28. The van der Waals surface area contributed by atoms with Crippen LogP contribution in [0.3, 0.4) is 0 Å². The van der Waals surface area contributed by atoms with Crippen molar-refractivity contribution in [2.45, 2.75) is 20.4 Å². The number of aryl methyl sites for hydroxylation is 2. The maximum absolute atomic E-state index is 5.67. The molecule has 0 amide bonds. The van der Waals surface area contributed by atoms with Gasteiger partial charge in [-0.1, -0.05) is 0 Å². The highest BCUT2D eigenvalue weighted by Crippen LogP contribution is 2.10. The average Bonchev–Trinajstić information content (AvgIpc) is 2.59. The Labute approximate surface area is 93.3 Å². The van der Waals surface area contributed by atoms with Crippen LogP contribution in [0.25, 0.3) is 0 Å². The number of nitrogens with zero attached hydrogens (tertiary/aromatic N) is 3. The molecule has 0 saturated heterocycles. The van der Waals surface area contributed by atoms with Gasteiger partial charge in [-0.3, -0.25) is 5.10 Å². The summed E-state index contributed by atoms with van der Waals surface area (Å²) in [6, 6.07) is 1.89. The maximum atomic E-state index is 5.67. The van der Waals surface area contributed by atoms with Crippen molar-refractivity contribution in [1.29, 1.82) is 0 Å². The lowest BCUT2D eigenvalue weighted by molar-refractivity contribution is 0.992. The highest BCUT2D eigenvalue weighted by molar-refractivity contribution is 5.42. The molecule has 2 aromatic rings. The second-order valence-electron chi connectivity index (χ2n) is 3.60. The van der Waals surface area contributed by atoms with Gasteiger partial charge in [0.1, 0.15) is 17.5 Å². The third-order valence-corrected chi connectivity index (χ3v) is 2.18. The molecule has 4 N–H and O–H groups in total. The molecule has 0 unspecified atom stereocenters. The number of rotatable bonds is 3. The van der Waals surface area contributed by atoms with Gasteiger partial charge in [0.25, 0.3) is 0 Å². The van der Waals surface area contributed by atoms with E-state index in [0.717, 1.165) is 22.9 Å². The minimum Gasteiger partial charge on any atom is -0.384 e. The minimum atomic E-state index is 0.579. The zero-order valence-electron chi connectivity index (χ0n) is 9.28. The number of hydrogen-bond acceptors (Lipinski definition) is 5. The third-order valence-electron chi connectivity index (χ3n) is 2.18. The summed E-state index contributed by atoms with van der Waals surface area (Å²) in [5.41, 5.74) is 7.54. The standard InChI is InChI=1S/C10H14N6/c1-6-3-9(15-7(2)14-6)12-4-8-5-13-16-10(8)11/h3,5H,4H2,1-2H3,(H3,11,13,16)(H,12,14,15). The molecule has 0 aliphatic carbocycles. The van der Waals surface area contributed by atoms with Gasteiger partial charge < -0.3 is 11.1 Å². The van der Waals surface area contributed by atoms with Crippen molar-refractivity contribution < 1.29 is 0 Å². The van der Waals surface area contributed by atoms with Crippen molar-refractivity contribution >= 4 is 11.6 Å². The Morgan fingerprint density at radius 1 is 1.38 bits per heavy atom. The molecule has 0 spiro atoms. The van der Waals surface area contributed by atoms with Crippen molar-refractivity contribution in [1.82, 2.24) is 20.2 Å². The first-order chi connectivity index (χ1) is 7.65. The molecule has 2 heterocycles. The van der Waals surface area contributed by atoms with Crippen LogP contribution in [0.2, 0.25) is 0 Å². The van der Waals surface area contributed by atoms with Crippen LogP contribution >= 0.6 is 0 Å². The van der Waals surface area contributed by atoms with Gasteiger partial charge in [0.05, 0.1) is 6.20 Å². The predicted molar refractivity (Wildman–Crippen MR) is 61.8 cm³/mol. The van der Waals surface area contributed by atoms with Crippen LogP contribution in [-0.2, 0) is 6.54 Å². The summed E-state index contributed by atoms with van der Waals surface area (Å²) in [6.07, 6.45) is 1.70. The summed E-state index contributed by atoms with van der Waals surface area (Å²) in [7, 11) is 0. The summed E-state index contributed by atoms with van der Waals surface area (Å²) < 4.78 is 0. The quantitative estimate of drug-likeness (QED) is 0.715. The molecular weight excluding hydrogens is 204 g/mol. The lowest BCUT2D eigenvalue weighted by Crippen LogP contribution is -2.04. The Bertz CT molecular complexity index is 470. The molecular formula is C10H14N6. The van der Waals surface area contributed by atoms with Crippen LogP contribution in [-0.4, -0.2) is 20.2 Å². The van der Waals surface area contributed by atoms with E-state index in [4.69, 9.17) is 5.73 Å². The fraction of sp³-hybridized carbons (Fsp3) is 0.300. The number of nitrogen functional groups attached to an aromatic ring is 1. The molecule has 84 valence electrons. The lowest BCUT2D eigenvalue weighted by atomic mass is 10.3. The van der Waals surface area contributed by atoms with Crippen molar-refractivity contribution in [2.75, 3.05) is 11.1 Å². The van der Waals surface area contributed by atoms with Gasteiger partial charge >= 0.3 is 0 Å². The van der Waals surface area contributed by atoms with Gasteiger partial charge in [-0.15, -0.1) is 0 Å². The number of nitrogens with two attached hydrogens (primary N) is 1. The molecule has 16 heavy (non-hydrogen) atoms. The number of nitrogens with one attached hydrogen (secondary N) is 2. The van der Waals surface area contributed by atoms with Crippen molar-refractivity contribution in [3.63, 3.8) is 0 Å². The van der Waals surface area contributed by atoms with E-state index in [0.29, 0.717) is 12.4 Å². The molecule has 0 fully saturated rings. The van der Waals surface area contributed by atoms with E-state index in [9.17, 15) is 0 Å². The van der Waals surface area contributed by atoms with E-state index in [-0.39, 0.29) is 0 Å². The van der Waals surface area contributed by atoms with E-state index in [1.807, 2.05) is 19.9 Å². The molecule has 0 aliphatic heterocycles. The largest absolute Gasteiger partial charge is 0.384 e. The first kappa shape index (κ1) is 10.4. The van der Waals surface area contributed by atoms with E-state index in [1.165, 1.54) is 0 Å². The van der Waals surface area contributed by atoms with Crippen LogP contribution in [0, 0.1) is 13.8 Å². The van der Waals surface area contributed by atoms with Gasteiger partial charge in [0, 0.05) is 23.9 Å². The molecule has 0 atom stereocenters. The molecule has 0 aromatic carbocycles. The molecule has 2 aromatic heterocycles. The molecule has 6 nitrogen and oxygen atoms in total. The normalized spacial score (nSPS) is 10.4. The molecule has 0 saturated carbocycles. The Kier molecular flexibility index (Phi) is 2.72. The Morgan fingerprint density at radius 3 is 2.81 bits per heavy atom. The van der Waals surface area contributed by atoms with E-state index < -0.39 is 0 Å². The van der Waals surface area contributed by atoms with Gasteiger partial charge in [0.2, 0.25) is 0 Å². The first-order valence-corrected chi connectivity index (χ1v) is 4.99. The monoisotopic (exact) mass is 218 g/mol. The minimum absolute atomic E-state index is 0.579. The Morgan fingerprint density at radius 2 is 2.19 bits per heavy atom. The van der Waals surface area contributed by atoms with Crippen LogP contribution in [0.4, 0.5) is 11.6 Å². The smallest absolute Gasteiger partial charge is 0.130 e. The zero-order chi connectivity index (χ0) is 11.5. The van der Waals surface area contributed by atoms with E-state index in [1.54, 1.807) is 6.20 Å². The molecule has 0 radical (unpaired) electrons. The predicted octanol–water partition coefficient (Wildman–Crippen LogP) is 1.01. The summed E-state index contributed by atoms with van der Waals surface area (Å²) in [5, 5.41) is 9.71. The highest BCUT2D eigenvalue weighted by atomic mass is 15.1. The molecule has 0 aliphatic rings. The third kappa shape index (κ3) is 2.28. The summed E-state index contributed by atoms with van der Waals surface area (Å²) in [6.45, 7) is 4.40. The van der Waals surface area contributed by atoms with Gasteiger partial charge in [-0.25, -0.2) is 9.97 Å². The molecule has 6 heteroatoms. The second kappa shape index (κ2) is 4.18. The fourth-order valence-electron chi connectivity index (χ4n) is 1.46. The molecule has 0 bridgehead atoms. The average molecular weight is 218 g/mol. The second-order valence-corrected chi connectivity index (χ2v) is 3.60. The first-order valence-electron chi connectivity index (χ1n) is 4.99. The van der Waals surface area contributed by atoms with Gasteiger partial charge in [-0.2, -0.15) is 5.10 Å². The number of hydrogen-bond donors (Lipinski definition) is 3.